The van der Waals surface area contributed by atoms with Gasteiger partial charge in [0, 0.05) is 49.7 Å². The molecule has 2 heterocycles. The normalized spacial score (nSPS) is 21.1. The van der Waals surface area contributed by atoms with E-state index in [0.29, 0.717) is 13.2 Å². The van der Waals surface area contributed by atoms with E-state index < -0.39 is 0 Å². The predicted molar refractivity (Wildman–Crippen MR) is 113 cm³/mol. The van der Waals surface area contributed by atoms with Crippen molar-refractivity contribution in [1.82, 2.24) is 5.32 Å². The molecule has 0 spiro atoms. The molecule has 6 heteroatoms. The second-order valence-electron chi connectivity index (χ2n) is 7.41. The van der Waals surface area contributed by atoms with Crippen LogP contribution in [0.2, 0.25) is 5.02 Å². The number of methoxy groups -OCH3 is 1. The average Bonchev–Trinajstić information content (AvgIpc) is 2.73. The number of benzene rings is 2. The molecule has 2 aromatic rings. The topological polar surface area (TPSA) is 44.8 Å². The zero-order valence-corrected chi connectivity index (χ0v) is 16.9. The minimum absolute atomic E-state index is 0.0816. The van der Waals surface area contributed by atoms with Gasteiger partial charge in [0.05, 0.1) is 18.6 Å². The SMILES string of the molecule is COCCNC(=O)[C@H]1Cc2ccccc2N2CCN(c3ccc(Cl)cc3)C[C@@H]12. The van der Waals surface area contributed by atoms with Gasteiger partial charge >= 0.3 is 0 Å². The van der Waals surface area contributed by atoms with Crippen molar-refractivity contribution in [3.8, 4) is 0 Å². The van der Waals surface area contributed by atoms with E-state index in [1.54, 1.807) is 7.11 Å². The van der Waals surface area contributed by atoms with E-state index in [1.165, 1.54) is 11.3 Å². The first-order valence-corrected chi connectivity index (χ1v) is 10.2. The van der Waals surface area contributed by atoms with E-state index in [9.17, 15) is 4.79 Å². The highest BCUT2D eigenvalue weighted by Gasteiger charge is 2.41. The summed E-state index contributed by atoms with van der Waals surface area (Å²) in [4.78, 5) is 17.8. The summed E-state index contributed by atoms with van der Waals surface area (Å²) in [5.41, 5.74) is 3.68. The minimum atomic E-state index is -0.0816. The van der Waals surface area contributed by atoms with Crippen LogP contribution in [-0.4, -0.2) is 51.8 Å². The first-order valence-electron chi connectivity index (χ1n) is 9.79. The maximum absolute atomic E-state index is 13.0. The molecule has 2 atom stereocenters. The van der Waals surface area contributed by atoms with Crippen molar-refractivity contribution < 1.29 is 9.53 Å². The molecule has 0 aliphatic carbocycles. The molecule has 2 aromatic carbocycles. The van der Waals surface area contributed by atoms with Gasteiger partial charge in [-0.15, -0.1) is 0 Å². The molecule has 0 aromatic heterocycles. The van der Waals surface area contributed by atoms with Crippen LogP contribution in [0.15, 0.2) is 48.5 Å². The van der Waals surface area contributed by atoms with E-state index in [2.05, 4.69) is 51.5 Å². The standard InChI is InChI=1S/C22H26ClN3O2/c1-28-13-10-24-22(27)19-14-16-4-2-3-5-20(16)26-12-11-25(15-21(19)26)18-8-6-17(23)7-9-18/h2-9,19,21H,10-15H2,1H3,(H,24,27)/t19-,21-/m0/s1. The Hall–Kier alpha value is -2.24. The molecule has 0 radical (unpaired) electrons. The van der Waals surface area contributed by atoms with Gasteiger partial charge in [0.15, 0.2) is 0 Å². The Morgan fingerprint density at radius 2 is 1.96 bits per heavy atom. The van der Waals surface area contributed by atoms with Crippen LogP contribution in [0, 0.1) is 5.92 Å². The highest BCUT2D eigenvalue weighted by atomic mass is 35.5. The highest BCUT2D eigenvalue weighted by molar-refractivity contribution is 6.30. The van der Waals surface area contributed by atoms with Crippen LogP contribution in [0.1, 0.15) is 5.56 Å². The average molecular weight is 400 g/mol. The maximum Gasteiger partial charge on any atom is 0.225 e. The van der Waals surface area contributed by atoms with Gasteiger partial charge in [-0.05, 0) is 42.3 Å². The number of ether oxygens (including phenoxy) is 1. The Morgan fingerprint density at radius 3 is 2.75 bits per heavy atom. The molecule has 1 N–H and O–H groups in total. The van der Waals surface area contributed by atoms with Crippen molar-refractivity contribution in [2.45, 2.75) is 12.5 Å². The Labute approximate surface area is 171 Å². The van der Waals surface area contributed by atoms with Crippen LogP contribution >= 0.6 is 11.6 Å². The van der Waals surface area contributed by atoms with E-state index in [1.807, 2.05) is 12.1 Å². The van der Waals surface area contributed by atoms with Crippen molar-refractivity contribution in [3.05, 3.63) is 59.1 Å². The quantitative estimate of drug-likeness (QED) is 0.785. The Morgan fingerprint density at radius 1 is 1.18 bits per heavy atom. The molecule has 5 nitrogen and oxygen atoms in total. The maximum atomic E-state index is 13.0. The monoisotopic (exact) mass is 399 g/mol. The lowest BCUT2D eigenvalue weighted by atomic mass is 9.83. The third kappa shape index (κ3) is 3.82. The third-order valence-electron chi connectivity index (χ3n) is 5.76. The second kappa shape index (κ2) is 8.41. The number of rotatable bonds is 5. The lowest BCUT2D eigenvalue weighted by Gasteiger charge is -2.49. The largest absolute Gasteiger partial charge is 0.383 e. The van der Waals surface area contributed by atoms with Gasteiger partial charge in [0.2, 0.25) is 5.91 Å². The number of carbonyl (C=O) groups excluding carboxylic acids is 1. The van der Waals surface area contributed by atoms with Crippen molar-refractivity contribution in [2.24, 2.45) is 5.92 Å². The van der Waals surface area contributed by atoms with Crippen LogP contribution in [0.5, 0.6) is 0 Å². The molecule has 2 aliphatic rings. The first kappa shape index (κ1) is 19.1. The van der Waals surface area contributed by atoms with Crippen LogP contribution in [-0.2, 0) is 16.0 Å². The summed E-state index contributed by atoms with van der Waals surface area (Å²) in [5, 5.41) is 3.79. The Kier molecular flexibility index (Phi) is 5.74. The van der Waals surface area contributed by atoms with E-state index in [4.69, 9.17) is 16.3 Å². The highest BCUT2D eigenvalue weighted by Crippen LogP contribution is 2.37. The summed E-state index contributed by atoms with van der Waals surface area (Å²) >= 11 is 6.05. The van der Waals surface area contributed by atoms with Crippen molar-refractivity contribution in [3.63, 3.8) is 0 Å². The van der Waals surface area contributed by atoms with E-state index in [-0.39, 0.29) is 17.9 Å². The lowest BCUT2D eigenvalue weighted by Crippen LogP contribution is -2.61. The fraction of sp³-hybridized carbons (Fsp3) is 0.409. The molecule has 0 saturated carbocycles. The number of carbonyl (C=O) groups is 1. The molecule has 0 bridgehead atoms. The van der Waals surface area contributed by atoms with Crippen LogP contribution in [0.25, 0.3) is 0 Å². The summed E-state index contributed by atoms with van der Waals surface area (Å²) in [7, 11) is 1.65. The molecule has 28 heavy (non-hydrogen) atoms. The van der Waals surface area contributed by atoms with Crippen molar-refractivity contribution >= 4 is 28.9 Å². The molecule has 4 rings (SSSR count). The zero-order chi connectivity index (χ0) is 19.5. The van der Waals surface area contributed by atoms with Crippen LogP contribution in [0.3, 0.4) is 0 Å². The fourth-order valence-corrected chi connectivity index (χ4v) is 4.48. The number of hydrogen-bond acceptors (Lipinski definition) is 4. The Bertz CT molecular complexity index is 827. The molecule has 1 amide bonds. The Balaban J connectivity index is 1.59. The minimum Gasteiger partial charge on any atom is -0.383 e. The predicted octanol–water partition coefficient (Wildman–Crippen LogP) is 2.97. The van der Waals surface area contributed by atoms with Gasteiger partial charge in [0.25, 0.3) is 0 Å². The molecule has 1 fully saturated rings. The second-order valence-corrected chi connectivity index (χ2v) is 7.84. The van der Waals surface area contributed by atoms with E-state index in [0.717, 1.165) is 36.8 Å². The van der Waals surface area contributed by atoms with Gasteiger partial charge in [-0.2, -0.15) is 0 Å². The van der Waals surface area contributed by atoms with Crippen LogP contribution in [0.4, 0.5) is 11.4 Å². The molecule has 2 aliphatic heterocycles. The smallest absolute Gasteiger partial charge is 0.225 e. The van der Waals surface area contributed by atoms with Crippen molar-refractivity contribution in [2.75, 3.05) is 49.7 Å². The molecule has 1 saturated heterocycles. The summed E-state index contributed by atoms with van der Waals surface area (Å²) in [6, 6.07) is 16.6. The number of hydrogen-bond donors (Lipinski definition) is 1. The first-order chi connectivity index (χ1) is 13.7. The van der Waals surface area contributed by atoms with E-state index >= 15 is 0 Å². The lowest BCUT2D eigenvalue weighted by molar-refractivity contribution is -0.126. The van der Waals surface area contributed by atoms with Crippen LogP contribution < -0.4 is 15.1 Å². The number of para-hydroxylation sites is 1. The van der Waals surface area contributed by atoms with Gasteiger partial charge in [-0.3, -0.25) is 4.79 Å². The number of fused-ring (bicyclic) bond motifs is 3. The van der Waals surface area contributed by atoms with Gasteiger partial charge in [-0.25, -0.2) is 0 Å². The molecule has 0 unspecified atom stereocenters. The number of anilines is 2. The number of piperazine rings is 1. The number of halogens is 1. The van der Waals surface area contributed by atoms with Gasteiger partial charge in [-0.1, -0.05) is 29.8 Å². The molecular weight excluding hydrogens is 374 g/mol. The summed E-state index contributed by atoms with van der Waals surface area (Å²) in [5.74, 6) is 0.0290. The van der Waals surface area contributed by atoms with Crippen molar-refractivity contribution in [1.29, 1.82) is 0 Å². The van der Waals surface area contributed by atoms with Gasteiger partial charge in [0.1, 0.15) is 0 Å². The molecule has 148 valence electrons. The number of nitrogens with zero attached hydrogens (tertiary/aromatic N) is 2. The summed E-state index contributed by atoms with van der Waals surface area (Å²) in [6.07, 6.45) is 0.768. The number of amides is 1. The summed E-state index contributed by atoms with van der Waals surface area (Å²) < 4.78 is 5.08. The third-order valence-corrected chi connectivity index (χ3v) is 6.01. The zero-order valence-electron chi connectivity index (χ0n) is 16.1. The summed E-state index contributed by atoms with van der Waals surface area (Å²) in [6.45, 7) is 3.70. The molecular formula is C22H26ClN3O2. The fourth-order valence-electron chi connectivity index (χ4n) is 4.35. The van der Waals surface area contributed by atoms with Gasteiger partial charge < -0.3 is 19.9 Å². The number of nitrogens with one attached hydrogen (secondary N) is 1.